The summed E-state index contributed by atoms with van der Waals surface area (Å²) in [7, 11) is 0. The summed E-state index contributed by atoms with van der Waals surface area (Å²) in [6.07, 6.45) is 3.59. The van der Waals surface area contributed by atoms with Gasteiger partial charge in [-0.3, -0.25) is 0 Å². The number of unbranched alkanes of at least 4 members (excludes halogenated alkanes) is 6. The van der Waals surface area contributed by atoms with Gasteiger partial charge in [-0.2, -0.15) is 0 Å². The van der Waals surface area contributed by atoms with E-state index in [1.807, 2.05) is 6.07 Å². The fraction of sp³-hybridized carbons (Fsp3) is 0.667. The van der Waals surface area contributed by atoms with Gasteiger partial charge >= 0.3 is 0 Å². The Morgan fingerprint density at radius 1 is 1.00 bits per heavy atom. The van der Waals surface area contributed by atoms with E-state index < -0.39 is 30.7 Å². The van der Waals surface area contributed by atoms with Crippen LogP contribution in [0.5, 0.6) is 0 Å². The van der Waals surface area contributed by atoms with Gasteiger partial charge in [-0.15, -0.1) is 0 Å². The lowest BCUT2D eigenvalue weighted by molar-refractivity contribution is -0.326. The quantitative estimate of drug-likeness (QED) is 0.346. The Bertz CT molecular complexity index is 525. The maximum absolute atomic E-state index is 11.0. The molecule has 4 atom stereocenters. The third-order valence-corrected chi connectivity index (χ3v) is 4.99. The molecule has 0 bridgehead atoms. The van der Waals surface area contributed by atoms with E-state index >= 15 is 0 Å². The molecule has 0 aliphatic carbocycles. The van der Waals surface area contributed by atoms with Crippen LogP contribution in [0.1, 0.15) is 57.4 Å². The average Bonchev–Trinajstić information content (AvgIpc) is 2.69. The van der Waals surface area contributed by atoms with Crippen molar-refractivity contribution in [1.29, 1.82) is 0 Å². The lowest BCUT2D eigenvalue weighted by atomic mass is 9.88. The topological polar surface area (TPSA) is 99.4 Å². The van der Waals surface area contributed by atoms with Crippen LogP contribution in [0.2, 0.25) is 0 Å². The van der Waals surface area contributed by atoms with Crippen molar-refractivity contribution in [3.8, 4) is 0 Å². The molecule has 0 aromatic heterocycles. The zero-order chi connectivity index (χ0) is 19.7. The molecule has 0 amide bonds. The molecule has 1 aromatic rings. The van der Waals surface area contributed by atoms with Gasteiger partial charge in [0.15, 0.2) is 6.10 Å². The third kappa shape index (κ3) is 5.73. The standard InChI is InChI=1S/C21H33O6/c1-2-3-4-5-6-7-11-14-26-21(25)19(24)18(23)17(15-22)27-20(21)16-12-9-8-10-13-16/h8-10,12-13,17-19,22-25H,2-7,11,14-15H2,1H3/t17-,18-,19+,21-/m1/s1. The number of aliphatic hydroxyl groups excluding tert-OH is 3. The summed E-state index contributed by atoms with van der Waals surface area (Å²) < 4.78 is 11.3. The summed E-state index contributed by atoms with van der Waals surface area (Å²) in [6, 6.07) is 8.80. The van der Waals surface area contributed by atoms with Gasteiger partial charge in [0.05, 0.1) is 13.2 Å². The van der Waals surface area contributed by atoms with Crippen LogP contribution in [0.25, 0.3) is 0 Å². The van der Waals surface area contributed by atoms with Crippen LogP contribution in [0.4, 0.5) is 0 Å². The van der Waals surface area contributed by atoms with Gasteiger partial charge in [0.1, 0.15) is 18.3 Å². The van der Waals surface area contributed by atoms with Gasteiger partial charge in [0.2, 0.25) is 5.79 Å². The predicted octanol–water partition coefficient (Wildman–Crippen LogP) is 2.14. The van der Waals surface area contributed by atoms with Gasteiger partial charge in [-0.25, -0.2) is 0 Å². The van der Waals surface area contributed by atoms with E-state index in [-0.39, 0.29) is 12.7 Å². The molecule has 153 valence electrons. The van der Waals surface area contributed by atoms with E-state index in [0.29, 0.717) is 5.56 Å². The molecule has 27 heavy (non-hydrogen) atoms. The Hall–Kier alpha value is -1.02. The van der Waals surface area contributed by atoms with Crippen molar-refractivity contribution < 1.29 is 29.9 Å². The summed E-state index contributed by atoms with van der Waals surface area (Å²) in [4.78, 5) is 0. The predicted molar refractivity (Wildman–Crippen MR) is 102 cm³/mol. The summed E-state index contributed by atoms with van der Waals surface area (Å²) in [6.45, 7) is 1.93. The van der Waals surface area contributed by atoms with Gasteiger partial charge in [-0.05, 0) is 12.0 Å². The van der Waals surface area contributed by atoms with Crippen molar-refractivity contribution in [2.45, 2.75) is 76.0 Å². The fourth-order valence-electron chi connectivity index (χ4n) is 3.32. The second kappa shape index (κ2) is 11.1. The number of benzene rings is 1. The van der Waals surface area contributed by atoms with Crippen molar-refractivity contribution in [3.63, 3.8) is 0 Å². The second-order valence-electron chi connectivity index (χ2n) is 7.14. The molecule has 4 N–H and O–H groups in total. The molecule has 1 radical (unpaired) electrons. The monoisotopic (exact) mass is 381 g/mol. The van der Waals surface area contributed by atoms with E-state index in [1.54, 1.807) is 24.3 Å². The van der Waals surface area contributed by atoms with Gasteiger partial charge in [0.25, 0.3) is 0 Å². The number of hydrogen-bond acceptors (Lipinski definition) is 6. The van der Waals surface area contributed by atoms with Crippen LogP contribution in [-0.2, 0) is 9.47 Å². The Kier molecular flexibility index (Phi) is 9.15. The van der Waals surface area contributed by atoms with E-state index in [4.69, 9.17) is 9.47 Å². The first-order chi connectivity index (χ1) is 13.0. The highest BCUT2D eigenvalue weighted by Crippen LogP contribution is 2.40. The first-order valence-corrected chi connectivity index (χ1v) is 9.97. The van der Waals surface area contributed by atoms with Crippen molar-refractivity contribution in [1.82, 2.24) is 0 Å². The lowest BCUT2D eigenvalue weighted by Gasteiger charge is -2.47. The number of aliphatic hydroxyl groups is 4. The largest absolute Gasteiger partial charge is 0.394 e. The minimum Gasteiger partial charge on any atom is -0.394 e. The van der Waals surface area contributed by atoms with Crippen LogP contribution in [0.3, 0.4) is 0 Å². The van der Waals surface area contributed by atoms with Crippen LogP contribution < -0.4 is 0 Å². The molecule has 1 fully saturated rings. The molecule has 0 spiro atoms. The van der Waals surface area contributed by atoms with Gasteiger partial charge < -0.3 is 29.9 Å². The second-order valence-corrected chi connectivity index (χ2v) is 7.14. The normalized spacial score (nSPS) is 29.1. The number of rotatable bonds is 11. The minimum absolute atomic E-state index is 0.0166. The van der Waals surface area contributed by atoms with Crippen LogP contribution in [0, 0.1) is 6.10 Å². The fourth-order valence-corrected chi connectivity index (χ4v) is 3.32. The summed E-state index contributed by atoms with van der Waals surface area (Å²) in [5.74, 6) is -2.16. The van der Waals surface area contributed by atoms with Gasteiger partial charge in [0, 0.05) is 0 Å². The van der Waals surface area contributed by atoms with Crippen LogP contribution in [-0.4, -0.2) is 57.7 Å². The molecule has 1 heterocycles. The highest BCUT2D eigenvalue weighted by molar-refractivity contribution is 5.33. The number of ether oxygens (including phenoxy) is 2. The molecular formula is C21H33O6. The Morgan fingerprint density at radius 3 is 2.26 bits per heavy atom. The summed E-state index contributed by atoms with van der Waals surface area (Å²) in [5, 5.41) is 41.1. The summed E-state index contributed by atoms with van der Waals surface area (Å²) >= 11 is 0. The molecule has 6 nitrogen and oxygen atoms in total. The molecule has 1 aliphatic heterocycles. The molecule has 1 aliphatic rings. The van der Waals surface area contributed by atoms with Crippen LogP contribution in [0.15, 0.2) is 30.3 Å². The molecule has 1 saturated heterocycles. The Labute approximate surface area is 161 Å². The van der Waals surface area contributed by atoms with Gasteiger partial charge in [-0.1, -0.05) is 75.8 Å². The smallest absolute Gasteiger partial charge is 0.232 e. The highest BCUT2D eigenvalue weighted by atomic mass is 16.7. The molecule has 1 aromatic carbocycles. The Balaban J connectivity index is 1.98. The SMILES string of the molecule is CCCCCCCCCO[C@@]1(O)[C](c2ccccc2)O[C@H](CO)[C@@H](O)[C@@H]1O. The first-order valence-electron chi connectivity index (χ1n) is 9.97. The lowest BCUT2D eigenvalue weighted by Crippen LogP contribution is -2.64. The Morgan fingerprint density at radius 2 is 1.63 bits per heavy atom. The van der Waals surface area contributed by atoms with Crippen molar-refractivity contribution in [2.75, 3.05) is 13.2 Å². The molecule has 6 heteroatoms. The molecular weight excluding hydrogens is 348 g/mol. The van der Waals surface area contributed by atoms with E-state index in [2.05, 4.69) is 6.92 Å². The summed E-state index contributed by atoms with van der Waals surface area (Å²) in [5.41, 5.74) is 0.531. The van der Waals surface area contributed by atoms with Crippen molar-refractivity contribution >= 4 is 0 Å². The van der Waals surface area contributed by atoms with Crippen molar-refractivity contribution in [3.05, 3.63) is 42.0 Å². The minimum atomic E-state index is -2.16. The molecule has 0 unspecified atom stereocenters. The van der Waals surface area contributed by atoms with Crippen molar-refractivity contribution in [2.24, 2.45) is 0 Å². The zero-order valence-electron chi connectivity index (χ0n) is 16.1. The van der Waals surface area contributed by atoms with Crippen LogP contribution >= 0.6 is 0 Å². The maximum Gasteiger partial charge on any atom is 0.232 e. The number of hydrogen-bond donors (Lipinski definition) is 4. The third-order valence-electron chi connectivity index (χ3n) is 4.99. The van der Waals surface area contributed by atoms with E-state index in [9.17, 15) is 20.4 Å². The zero-order valence-corrected chi connectivity index (χ0v) is 16.1. The molecule has 0 saturated carbocycles. The highest BCUT2D eigenvalue weighted by Gasteiger charge is 2.57. The average molecular weight is 381 g/mol. The first kappa shape index (κ1) is 22.3. The molecule has 2 rings (SSSR count). The van der Waals surface area contributed by atoms with E-state index in [1.165, 1.54) is 25.7 Å². The van der Waals surface area contributed by atoms with E-state index in [0.717, 1.165) is 19.3 Å². The maximum atomic E-state index is 11.0.